The fourth-order valence-electron chi connectivity index (χ4n) is 3.44. The molecule has 3 rings (SSSR count). The molecule has 2 aromatic rings. The molecular weight excluding hydrogens is 286 g/mol. The summed E-state index contributed by atoms with van der Waals surface area (Å²) in [6.07, 6.45) is 3.95. The fourth-order valence-corrected chi connectivity index (χ4v) is 3.44. The highest BCUT2D eigenvalue weighted by Gasteiger charge is 2.45. The largest absolute Gasteiger partial charge is 0.355 e. The molecule has 1 heterocycles. The average molecular weight is 311 g/mol. The lowest BCUT2D eigenvalue weighted by atomic mass is 9.64. The van der Waals surface area contributed by atoms with Crippen LogP contribution in [-0.4, -0.2) is 22.2 Å². The van der Waals surface area contributed by atoms with Crippen molar-refractivity contribution in [3.8, 4) is 0 Å². The van der Waals surface area contributed by atoms with Gasteiger partial charge in [0.05, 0.1) is 11.1 Å². The molecule has 1 N–H and O–H groups in total. The molecular formula is C19H25N3O. The van der Waals surface area contributed by atoms with E-state index in [9.17, 15) is 4.79 Å². The number of hydrogen-bond donors (Lipinski definition) is 1. The maximum atomic E-state index is 12.7. The van der Waals surface area contributed by atoms with Gasteiger partial charge in [0.2, 0.25) is 5.91 Å². The van der Waals surface area contributed by atoms with Crippen molar-refractivity contribution in [2.75, 3.05) is 6.54 Å². The van der Waals surface area contributed by atoms with E-state index in [2.05, 4.69) is 35.5 Å². The maximum Gasteiger partial charge on any atom is 0.230 e. The third-order valence-corrected chi connectivity index (χ3v) is 4.90. The van der Waals surface area contributed by atoms with E-state index in [0.717, 1.165) is 43.5 Å². The Bertz CT molecular complexity index is 671. The van der Waals surface area contributed by atoms with Crippen molar-refractivity contribution in [3.63, 3.8) is 0 Å². The van der Waals surface area contributed by atoms with E-state index in [1.165, 1.54) is 5.69 Å². The van der Waals surface area contributed by atoms with Crippen LogP contribution in [0.1, 0.15) is 42.6 Å². The summed E-state index contributed by atoms with van der Waals surface area (Å²) in [7, 11) is 0. The van der Waals surface area contributed by atoms with Gasteiger partial charge in [0.1, 0.15) is 0 Å². The summed E-state index contributed by atoms with van der Waals surface area (Å²) in [6.45, 7) is 5.62. The van der Waals surface area contributed by atoms with E-state index in [4.69, 9.17) is 0 Å². The van der Waals surface area contributed by atoms with Gasteiger partial charge in [-0.05, 0) is 44.7 Å². The molecule has 0 bridgehead atoms. The standard InChI is InChI=1S/C19H25N3O/c1-15-14-16(2)22(21-15)13-7-12-20-18(23)19(10-6-11-19)17-8-4-3-5-9-17/h3-5,8-9,14H,6-7,10-13H2,1-2H3,(H,20,23). The van der Waals surface area contributed by atoms with Gasteiger partial charge >= 0.3 is 0 Å². The number of rotatable bonds is 6. The third-order valence-electron chi connectivity index (χ3n) is 4.90. The van der Waals surface area contributed by atoms with E-state index < -0.39 is 0 Å². The number of carbonyl (C=O) groups excluding carboxylic acids is 1. The molecule has 1 amide bonds. The second-order valence-electron chi connectivity index (χ2n) is 6.56. The summed E-state index contributed by atoms with van der Waals surface area (Å²) >= 11 is 0. The van der Waals surface area contributed by atoms with Crippen molar-refractivity contribution in [1.82, 2.24) is 15.1 Å². The predicted octanol–water partition coefficient (Wildman–Crippen LogP) is 3.13. The van der Waals surface area contributed by atoms with Crippen molar-refractivity contribution in [1.29, 1.82) is 0 Å². The monoisotopic (exact) mass is 311 g/mol. The van der Waals surface area contributed by atoms with Gasteiger partial charge in [0.25, 0.3) is 0 Å². The molecule has 23 heavy (non-hydrogen) atoms. The van der Waals surface area contributed by atoms with Crippen LogP contribution in [0.2, 0.25) is 0 Å². The molecule has 0 atom stereocenters. The Morgan fingerprint density at radius 2 is 2.00 bits per heavy atom. The van der Waals surface area contributed by atoms with Crippen LogP contribution >= 0.6 is 0 Å². The number of nitrogens with zero attached hydrogens (tertiary/aromatic N) is 2. The summed E-state index contributed by atoms with van der Waals surface area (Å²) in [5, 5.41) is 7.59. The van der Waals surface area contributed by atoms with Gasteiger partial charge in [-0.1, -0.05) is 36.8 Å². The van der Waals surface area contributed by atoms with Gasteiger partial charge in [-0.15, -0.1) is 0 Å². The third kappa shape index (κ3) is 3.16. The molecule has 0 spiro atoms. The van der Waals surface area contributed by atoms with Crippen molar-refractivity contribution in [2.45, 2.75) is 51.5 Å². The molecule has 1 fully saturated rings. The number of nitrogens with one attached hydrogen (secondary N) is 1. The molecule has 4 heteroatoms. The molecule has 0 unspecified atom stereocenters. The lowest BCUT2D eigenvalue weighted by Crippen LogP contribution is -2.49. The first-order valence-electron chi connectivity index (χ1n) is 8.47. The van der Waals surface area contributed by atoms with Crippen molar-refractivity contribution in [3.05, 3.63) is 53.3 Å². The predicted molar refractivity (Wildman–Crippen MR) is 91.3 cm³/mol. The Hall–Kier alpha value is -2.10. The Balaban J connectivity index is 1.54. The molecule has 0 radical (unpaired) electrons. The van der Waals surface area contributed by atoms with Gasteiger partial charge in [-0.2, -0.15) is 5.10 Å². The van der Waals surface area contributed by atoms with E-state index in [-0.39, 0.29) is 11.3 Å². The van der Waals surface area contributed by atoms with E-state index >= 15 is 0 Å². The lowest BCUT2D eigenvalue weighted by molar-refractivity contribution is -0.129. The second kappa shape index (κ2) is 6.57. The minimum atomic E-state index is -0.292. The molecule has 4 nitrogen and oxygen atoms in total. The first-order chi connectivity index (χ1) is 11.1. The molecule has 0 saturated heterocycles. The number of carbonyl (C=O) groups is 1. The first-order valence-corrected chi connectivity index (χ1v) is 8.47. The Morgan fingerprint density at radius 3 is 2.57 bits per heavy atom. The van der Waals surface area contributed by atoms with Gasteiger partial charge in [0.15, 0.2) is 0 Å². The highest BCUT2D eigenvalue weighted by atomic mass is 16.2. The molecule has 1 saturated carbocycles. The highest BCUT2D eigenvalue weighted by Crippen LogP contribution is 2.43. The quantitative estimate of drug-likeness (QED) is 0.833. The van der Waals surface area contributed by atoms with Crippen LogP contribution in [0, 0.1) is 13.8 Å². The molecule has 0 aliphatic heterocycles. The zero-order valence-corrected chi connectivity index (χ0v) is 14.0. The minimum Gasteiger partial charge on any atom is -0.355 e. The number of benzene rings is 1. The zero-order valence-electron chi connectivity index (χ0n) is 14.0. The molecule has 1 aromatic heterocycles. The fraction of sp³-hybridized carbons (Fsp3) is 0.474. The smallest absolute Gasteiger partial charge is 0.230 e. The first kappa shape index (κ1) is 15.8. The maximum absolute atomic E-state index is 12.7. The van der Waals surface area contributed by atoms with Gasteiger partial charge in [-0.25, -0.2) is 0 Å². The Morgan fingerprint density at radius 1 is 1.26 bits per heavy atom. The van der Waals surface area contributed by atoms with Gasteiger partial charge in [-0.3, -0.25) is 9.48 Å². The van der Waals surface area contributed by atoms with E-state index in [1.54, 1.807) is 0 Å². The number of aryl methyl sites for hydroxylation is 3. The summed E-state index contributed by atoms with van der Waals surface area (Å²) in [5.74, 6) is 0.184. The zero-order chi connectivity index (χ0) is 16.3. The van der Waals surface area contributed by atoms with Crippen LogP contribution in [0.25, 0.3) is 0 Å². The van der Waals surface area contributed by atoms with Gasteiger partial charge in [0, 0.05) is 18.8 Å². The van der Waals surface area contributed by atoms with E-state index in [0.29, 0.717) is 6.54 Å². The van der Waals surface area contributed by atoms with Crippen LogP contribution in [0.5, 0.6) is 0 Å². The SMILES string of the molecule is Cc1cc(C)n(CCCNC(=O)C2(c3ccccc3)CCC2)n1. The normalized spacial score (nSPS) is 15.9. The Labute approximate surface area is 137 Å². The van der Waals surface area contributed by atoms with Gasteiger partial charge < -0.3 is 5.32 Å². The summed E-state index contributed by atoms with van der Waals surface area (Å²) in [5.41, 5.74) is 3.08. The van der Waals surface area contributed by atoms with Crippen LogP contribution < -0.4 is 5.32 Å². The molecule has 1 aromatic carbocycles. The number of aromatic nitrogens is 2. The summed E-state index contributed by atoms with van der Waals surface area (Å²) in [6, 6.07) is 12.3. The minimum absolute atomic E-state index is 0.184. The summed E-state index contributed by atoms with van der Waals surface area (Å²) < 4.78 is 2.01. The molecule has 1 aliphatic rings. The van der Waals surface area contributed by atoms with Crippen LogP contribution in [-0.2, 0) is 16.8 Å². The van der Waals surface area contributed by atoms with Crippen molar-refractivity contribution >= 4 is 5.91 Å². The van der Waals surface area contributed by atoms with Crippen molar-refractivity contribution in [2.24, 2.45) is 0 Å². The van der Waals surface area contributed by atoms with E-state index in [1.807, 2.05) is 29.8 Å². The number of amides is 1. The van der Waals surface area contributed by atoms with Crippen LogP contribution in [0.3, 0.4) is 0 Å². The van der Waals surface area contributed by atoms with Crippen LogP contribution in [0.4, 0.5) is 0 Å². The lowest BCUT2D eigenvalue weighted by Gasteiger charge is -2.40. The molecule has 1 aliphatic carbocycles. The highest BCUT2D eigenvalue weighted by molar-refractivity contribution is 5.89. The Kier molecular flexibility index (Phi) is 4.51. The van der Waals surface area contributed by atoms with Crippen LogP contribution in [0.15, 0.2) is 36.4 Å². The van der Waals surface area contributed by atoms with Crippen molar-refractivity contribution < 1.29 is 4.79 Å². The molecule has 122 valence electrons. The summed E-state index contributed by atoms with van der Waals surface area (Å²) in [4.78, 5) is 12.7. The second-order valence-corrected chi connectivity index (χ2v) is 6.56. The number of hydrogen-bond acceptors (Lipinski definition) is 2. The average Bonchev–Trinajstić information content (AvgIpc) is 2.81. The topological polar surface area (TPSA) is 46.9 Å².